The first-order chi connectivity index (χ1) is 7.33. The van der Waals surface area contributed by atoms with Crippen LogP contribution in [0.15, 0.2) is 29.4 Å². The number of nitrogens with zero attached hydrogens (tertiary/aromatic N) is 2. The van der Waals surface area contributed by atoms with Crippen LogP contribution in [0.2, 0.25) is 0 Å². The lowest BCUT2D eigenvalue weighted by atomic mass is 10.3. The number of aromatic nitrogens is 1. The third kappa shape index (κ3) is 5.00. The average Bonchev–Trinajstić information content (AvgIpc) is 2.28. The molecule has 0 atom stereocenters. The van der Waals surface area contributed by atoms with Crippen LogP contribution in [0, 0.1) is 0 Å². The van der Waals surface area contributed by atoms with Gasteiger partial charge in [-0.3, -0.25) is 4.98 Å². The summed E-state index contributed by atoms with van der Waals surface area (Å²) >= 11 is 0. The summed E-state index contributed by atoms with van der Waals surface area (Å²) in [6.07, 6.45) is 4.02. The molecule has 1 heterocycles. The molecule has 0 aliphatic heterocycles. The molecule has 1 rings (SSSR count). The molecular weight excluding hydrogens is 188 g/mol. The van der Waals surface area contributed by atoms with Gasteiger partial charge in [-0.05, 0) is 18.6 Å². The number of hydrogen-bond donors (Lipinski definition) is 2. The zero-order valence-corrected chi connectivity index (χ0v) is 9.11. The Morgan fingerprint density at radius 1 is 1.53 bits per heavy atom. The predicted molar refractivity (Wildman–Crippen MR) is 62.5 cm³/mol. The molecule has 0 aliphatic carbocycles. The fraction of sp³-hybridized carbons (Fsp3) is 0.455. The Morgan fingerprint density at radius 2 is 2.40 bits per heavy atom. The van der Waals surface area contributed by atoms with E-state index >= 15 is 0 Å². The molecule has 15 heavy (non-hydrogen) atoms. The normalized spacial score (nSPS) is 11.4. The third-order valence-corrected chi connectivity index (χ3v) is 1.97. The van der Waals surface area contributed by atoms with Crippen molar-refractivity contribution in [1.29, 1.82) is 0 Å². The van der Waals surface area contributed by atoms with Crippen molar-refractivity contribution < 1.29 is 0 Å². The third-order valence-electron chi connectivity index (χ3n) is 1.97. The van der Waals surface area contributed by atoms with Gasteiger partial charge in [0.15, 0.2) is 5.96 Å². The number of rotatable bonds is 5. The van der Waals surface area contributed by atoms with E-state index in [2.05, 4.69) is 22.2 Å². The fourth-order valence-corrected chi connectivity index (χ4v) is 1.11. The van der Waals surface area contributed by atoms with Crippen molar-refractivity contribution in [2.75, 3.05) is 6.54 Å². The highest BCUT2D eigenvalue weighted by Crippen LogP contribution is 1.94. The van der Waals surface area contributed by atoms with E-state index in [1.807, 2.05) is 18.2 Å². The van der Waals surface area contributed by atoms with Crippen LogP contribution in [-0.4, -0.2) is 17.5 Å². The zero-order valence-electron chi connectivity index (χ0n) is 9.11. The minimum absolute atomic E-state index is 0.495. The number of hydrogen-bond acceptors (Lipinski definition) is 2. The van der Waals surface area contributed by atoms with E-state index in [-0.39, 0.29) is 0 Å². The largest absolute Gasteiger partial charge is 0.370 e. The first-order valence-electron chi connectivity index (χ1n) is 5.26. The molecule has 0 radical (unpaired) electrons. The number of guanidine groups is 1. The smallest absolute Gasteiger partial charge is 0.188 e. The second-order valence-corrected chi connectivity index (χ2v) is 3.30. The van der Waals surface area contributed by atoms with E-state index < -0.39 is 0 Å². The second-order valence-electron chi connectivity index (χ2n) is 3.30. The van der Waals surface area contributed by atoms with E-state index in [4.69, 9.17) is 5.73 Å². The monoisotopic (exact) mass is 206 g/mol. The van der Waals surface area contributed by atoms with E-state index in [1.54, 1.807) is 6.20 Å². The molecule has 0 bridgehead atoms. The maximum atomic E-state index is 5.67. The van der Waals surface area contributed by atoms with Crippen molar-refractivity contribution in [3.63, 3.8) is 0 Å². The van der Waals surface area contributed by atoms with Gasteiger partial charge in [-0.1, -0.05) is 19.4 Å². The lowest BCUT2D eigenvalue weighted by Crippen LogP contribution is -2.32. The van der Waals surface area contributed by atoms with Gasteiger partial charge in [0.05, 0.1) is 12.2 Å². The van der Waals surface area contributed by atoms with E-state index in [9.17, 15) is 0 Å². The van der Waals surface area contributed by atoms with Crippen molar-refractivity contribution in [2.45, 2.75) is 26.3 Å². The Balaban J connectivity index is 2.31. The van der Waals surface area contributed by atoms with Crippen LogP contribution < -0.4 is 11.1 Å². The summed E-state index contributed by atoms with van der Waals surface area (Å²) in [5, 5.41) is 3.05. The summed E-state index contributed by atoms with van der Waals surface area (Å²) in [7, 11) is 0. The van der Waals surface area contributed by atoms with Gasteiger partial charge in [-0.2, -0.15) is 0 Å². The number of aliphatic imine (C=N–C) groups is 1. The summed E-state index contributed by atoms with van der Waals surface area (Å²) in [5.41, 5.74) is 6.60. The summed E-state index contributed by atoms with van der Waals surface area (Å²) in [4.78, 5) is 8.34. The molecule has 4 nitrogen and oxygen atoms in total. The molecule has 0 amide bonds. The van der Waals surface area contributed by atoms with Crippen LogP contribution in [0.1, 0.15) is 25.5 Å². The Bertz CT molecular complexity index is 295. The maximum absolute atomic E-state index is 5.67. The molecule has 0 saturated heterocycles. The second kappa shape index (κ2) is 6.81. The molecule has 0 unspecified atom stereocenters. The van der Waals surface area contributed by atoms with Crippen molar-refractivity contribution in [3.05, 3.63) is 30.1 Å². The number of nitrogens with two attached hydrogens (primary N) is 1. The van der Waals surface area contributed by atoms with Crippen molar-refractivity contribution in [2.24, 2.45) is 10.7 Å². The molecule has 3 N–H and O–H groups in total. The summed E-state index contributed by atoms with van der Waals surface area (Å²) in [5.74, 6) is 0.495. The van der Waals surface area contributed by atoms with Crippen LogP contribution in [0.4, 0.5) is 0 Å². The van der Waals surface area contributed by atoms with Gasteiger partial charge in [0, 0.05) is 12.7 Å². The predicted octanol–water partition coefficient (Wildman–Crippen LogP) is 1.29. The maximum Gasteiger partial charge on any atom is 0.188 e. The Hall–Kier alpha value is -1.58. The van der Waals surface area contributed by atoms with E-state index in [0.717, 1.165) is 25.1 Å². The van der Waals surface area contributed by atoms with Crippen LogP contribution in [0.5, 0.6) is 0 Å². The molecule has 1 aromatic rings. The molecule has 0 fully saturated rings. The molecule has 0 saturated carbocycles. The van der Waals surface area contributed by atoms with Gasteiger partial charge in [0.25, 0.3) is 0 Å². The van der Waals surface area contributed by atoms with Crippen molar-refractivity contribution in [1.82, 2.24) is 10.3 Å². The molecule has 82 valence electrons. The Labute approximate surface area is 90.6 Å². The highest BCUT2D eigenvalue weighted by molar-refractivity contribution is 5.77. The summed E-state index contributed by atoms with van der Waals surface area (Å²) in [6, 6.07) is 5.76. The summed E-state index contributed by atoms with van der Waals surface area (Å²) < 4.78 is 0. The van der Waals surface area contributed by atoms with Crippen molar-refractivity contribution >= 4 is 5.96 Å². The number of nitrogens with one attached hydrogen (secondary N) is 1. The Morgan fingerprint density at radius 3 is 3.07 bits per heavy atom. The highest BCUT2D eigenvalue weighted by atomic mass is 15.1. The van der Waals surface area contributed by atoms with E-state index in [0.29, 0.717) is 12.5 Å². The van der Waals surface area contributed by atoms with Crippen LogP contribution in [0.25, 0.3) is 0 Å². The van der Waals surface area contributed by atoms with Gasteiger partial charge in [-0.25, -0.2) is 4.99 Å². The first kappa shape index (κ1) is 11.5. The lowest BCUT2D eigenvalue weighted by molar-refractivity contribution is 0.747. The molecule has 0 aromatic carbocycles. The van der Waals surface area contributed by atoms with Gasteiger partial charge in [-0.15, -0.1) is 0 Å². The van der Waals surface area contributed by atoms with Gasteiger partial charge < -0.3 is 11.1 Å². The van der Waals surface area contributed by atoms with Gasteiger partial charge >= 0.3 is 0 Å². The number of unbranched alkanes of at least 4 members (excludes halogenated alkanes) is 1. The standard InChI is InChI=1S/C11H18N4/c1-2-3-7-14-11(12)15-9-10-6-4-5-8-13-10/h4-6,8H,2-3,7,9H2,1H3,(H3,12,14,15). The summed E-state index contributed by atoms with van der Waals surface area (Å²) in [6.45, 7) is 3.56. The zero-order chi connectivity index (χ0) is 10.9. The molecule has 0 spiro atoms. The topological polar surface area (TPSA) is 63.3 Å². The molecule has 1 aromatic heterocycles. The minimum Gasteiger partial charge on any atom is -0.370 e. The molecule has 4 heteroatoms. The Kier molecular flexibility index (Phi) is 5.22. The first-order valence-corrected chi connectivity index (χ1v) is 5.26. The van der Waals surface area contributed by atoms with Crippen molar-refractivity contribution in [3.8, 4) is 0 Å². The number of pyridine rings is 1. The molecule has 0 aliphatic rings. The minimum atomic E-state index is 0.495. The SMILES string of the molecule is CCCCNC(N)=NCc1ccccn1. The van der Waals surface area contributed by atoms with Crippen LogP contribution in [0.3, 0.4) is 0 Å². The molecular formula is C11H18N4. The van der Waals surface area contributed by atoms with E-state index in [1.165, 1.54) is 0 Å². The van der Waals surface area contributed by atoms with Crippen LogP contribution in [-0.2, 0) is 6.54 Å². The van der Waals surface area contributed by atoms with Crippen LogP contribution >= 0.6 is 0 Å². The van der Waals surface area contributed by atoms with Gasteiger partial charge in [0.2, 0.25) is 0 Å². The average molecular weight is 206 g/mol. The quantitative estimate of drug-likeness (QED) is 0.433. The highest BCUT2D eigenvalue weighted by Gasteiger charge is 1.92. The van der Waals surface area contributed by atoms with Gasteiger partial charge in [0.1, 0.15) is 0 Å². The lowest BCUT2D eigenvalue weighted by Gasteiger charge is -2.03. The fourth-order valence-electron chi connectivity index (χ4n) is 1.11.